The van der Waals surface area contributed by atoms with Crippen molar-refractivity contribution in [2.75, 3.05) is 5.73 Å². The van der Waals surface area contributed by atoms with Crippen LogP contribution in [0, 0.1) is 12.3 Å². The van der Waals surface area contributed by atoms with Crippen molar-refractivity contribution in [2.45, 2.75) is 6.92 Å². The SMILES string of the molecule is Cc1ccc2oc3cccc(-c4nc(-c5ccccc5)nc(-c5ccc6c(c5)sc5ccccc56)n4)c3c2c1.N=C(c1ccccc1)c1sc2ccccc2c1N. The maximum atomic E-state index is 8.27. The van der Waals surface area contributed by atoms with Gasteiger partial charge in [-0.15, -0.1) is 22.7 Å². The van der Waals surface area contributed by atoms with Crippen LogP contribution >= 0.6 is 22.7 Å². The predicted octanol–water partition coefficient (Wildman–Crippen LogP) is 13.3. The van der Waals surface area contributed by atoms with Gasteiger partial charge < -0.3 is 10.2 Å². The first-order valence-corrected chi connectivity index (χ1v) is 20.2. The number of aryl methyl sites for hydroxylation is 1. The Bertz CT molecular complexity index is 3290. The zero-order valence-corrected chi connectivity index (χ0v) is 32.4. The molecule has 0 aliphatic heterocycles. The number of hydrogen-bond donors (Lipinski definition) is 2. The fourth-order valence-corrected chi connectivity index (χ4v) is 9.56. The van der Waals surface area contributed by atoms with Crippen LogP contribution in [0.2, 0.25) is 0 Å². The summed E-state index contributed by atoms with van der Waals surface area (Å²) in [5, 5.41) is 13.9. The summed E-state index contributed by atoms with van der Waals surface area (Å²) in [5.41, 5.74) is 14.0. The minimum Gasteiger partial charge on any atom is -0.456 e. The summed E-state index contributed by atoms with van der Waals surface area (Å²) < 4.78 is 9.83. The number of nitrogens with zero attached hydrogens (tertiary/aromatic N) is 3. The number of rotatable bonds is 5. The third kappa shape index (κ3) is 6.31. The minimum absolute atomic E-state index is 0.495. The molecular weight excluding hydrogens is 739 g/mol. The lowest BCUT2D eigenvalue weighted by molar-refractivity contribution is 0.669. The van der Waals surface area contributed by atoms with Gasteiger partial charge in [-0.25, -0.2) is 15.0 Å². The molecule has 0 radical (unpaired) electrons. The number of hydrogen-bond acceptors (Lipinski definition) is 8. The summed E-state index contributed by atoms with van der Waals surface area (Å²) in [6, 6.07) is 55.2. The van der Waals surface area contributed by atoms with E-state index in [2.05, 4.69) is 67.6 Å². The summed E-state index contributed by atoms with van der Waals surface area (Å²) in [6.07, 6.45) is 0. The van der Waals surface area contributed by atoms with Crippen molar-refractivity contribution < 1.29 is 4.42 Å². The molecule has 0 aliphatic rings. The lowest BCUT2D eigenvalue weighted by Gasteiger charge is -2.09. The van der Waals surface area contributed by atoms with Gasteiger partial charge in [0.15, 0.2) is 17.5 Å². The molecule has 0 saturated heterocycles. The van der Waals surface area contributed by atoms with E-state index in [1.165, 1.54) is 25.7 Å². The average molecular weight is 772 g/mol. The Morgan fingerprint density at radius 3 is 1.95 bits per heavy atom. The molecule has 0 spiro atoms. The Kier molecular flexibility index (Phi) is 8.62. The Balaban J connectivity index is 0.000000184. The summed E-state index contributed by atoms with van der Waals surface area (Å²) in [7, 11) is 0. The van der Waals surface area contributed by atoms with Crippen LogP contribution in [-0.4, -0.2) is 20.7 Å². The monoisotopic (exact) mass is 771 g/mol. The molecule has 0 aliphatic carbocycles. The van der Waals surface area contributed by atoms with Crippen LogP contribution < -0.4 is 5.73 Å². The maximum absolute atomic E-state index is 8.27. The molecule has 4 aromatic heterocycles. The van der Waals surface area contributed by atoms with E-state index in [0.717, 1.165) is 59.2 Å². The van der Waals surface area contributed by atoms with E-state index in [1.54, 1.807) is 22.7 Å². The quantitative estimate of drug-likeness (QED) is 0.170. The fraction of sp³-hybridized carbons (Fsp3) is 0.0204. The van der Waals surface area contributed by atoms with Crippen molar-refractivity contribution in [3.8, 4) is 34.2 Å². The summed E-state index contributed by atoms with van der Waals surface area (Å²) in [4.78, 5) is 15.9. The molecule has 4 heterocycles. The second-order valence-corrected chi connectivity index (χ2v) is 16.0. The van der Waals surface area contributed by atoms with Crippen molar-refractivity contribution in [3.63, 3.8) is 0 Å². The van der Waals surface area contributed by atoms with Gasteiger partial charge in [-0.3, -0.25) is 5.41 Å². The van der Waals surface area contributed by atoms with Crippen LogP contribution in [0.1, 0.15) is 16.0 Å². The molecule has 7 aromatic carbocycles. The highest BCUT2D eigenvalue weighted by atomic mass is 32.1. The molecule has 6 nitrogen and oxygen atoms in total. The van der Waals surface area contributed by atoms with Gasteiger partial charge in [-0.1, -0.05) is 133 Å². The predicted molar refractivity (Wildman–Crippen MR) is 240 cm³/mol. The molecule has 11 aromatic rings. The van der Waals surface area contributed by atoms with Gasteiger partial charge in [0.1, 0.15) is 11.2 Å². The largest absolute Gasteiger partial charge is 0.456 e. The normalized spacial score (nSPS) is 11.4. The lowest BCUT2D eigenvalue weighted by atomic mass is 10.0. The van der Waals surface area contributed by atoms with Gasteiger partial charge in [0.25, 0.3) is 0 Å². The van der Waals surface area contributed by atoms with Gasteiger partial charge >= 0.3 is 0 Å². The molecule has 8 heteroatoms. The molecule has 3 N–H and O–H groups in total. The standard InChI is InChI=1S/C34H21N3OS.C15H12N2S/c1-20-14-17-27-26(18-20)31-25(11-7-12-28(31)38-27)34-36-32(21-8-3-2-4-9-21)35-33(37-34)22-15-16-24-23-10-5-6-13-29(23)39-30(24)19-22;16-13(10-6-2-1-3-7-10)15-14(17)11-8-4-5-9-12(11)18-15/h2-19H,1H3;1-9,16H,17H2. The van der Waals surface area contributed by atoms with Crippen LogP contribution in [0.25, 0.3) is 86.4 Å². The molecule has 272 valence electrons. The zero-order chi connectivity index (χ0) is 38.5. The molecule has 0 saturated carbocycles. The first-order valence-electron chi connectivity index (χ1n) is 18.6. The topological polar surface area (TPSA) is 102 Å². The second kappa shape index (κ2) is 14.3. The van der Waals surface area contributed by atoms with E-state index in [4.69, 9.17) is 30.5 Å². The van der Waals surface area contributed by atoms with E-state index in [0.29, 0.717) is 28.9 Å². The van der Waals surface area contributed by atoms with E-state index in [9.17, 15) is 0 Å². The molecular formula is C49H33N5OS2. The minimum atomic E-state index is 0.495. The van der Waals surface area contributed by atoms with E-state index < -0.39 is 0 Å². The molecule has 0 unspecified atom stereocenters. The summed E-state index contributed by atoms with van der Waals surface area (Å²) >= 11 is 3.37. The van der Waals surface area contributed by atoms with E-state index >= 15 is 0 Å². The number of nitrogens with two attached hydrogens (primary N) is 1. The number of anilines is 1. The van der Waals surface area contributed by atoms with Gasteiger partial charge in [0.05, 0.1) is 16.3 Å². The number of benzene rings is 7. The smallest absolute Gasteiger partial charge is 0.164 e. The first kappa shape index (κ1) is 34.5. The summed E-state index contributed by atoms with van der Waals surface area (Å²) in [6.45, 7) is 2.10. The third-order valence-electron chi connectivity index (χ3n) is 10.1. The average Bonchev–Trinajstić information content (AvgIpc) is 3.94. The highest BCUT2D eigenvalue weighted by molar-refractivity contribution is 7.25. The van der Waals surface area contributed by atoms with Crippen molar-refractivity contribution >= 4 is 86.3 Å². The molecule has 11 rings (SSSR count). The van der Waals surface area contributed by atoms with Crippen LogP contribution in [0.3, 0.4) is 0 Å². The van der Waals surface area contributed by atoms with Crippen molar-refractivity contribution in [3.05, 3.63) is 180 Å². The van der Waals surface area contributed by atoms with Gasteiger partial charge in [-0.05, 0) is 43.3 Å². The van der Waals surface area contributed by atoms with Crippen LogP contribution in [-0.2, 0) is 0 Å². The van der Waals surface area contributed by atoms with Crippen molar-refractivity contribution in [1.82, 2.24) is 15.0 Å². The van der Waals surface area contributed by atoms with Crippen molar-refractivity contribution in [2.24, 2.45) is 0 Å². The highest BCUT2D eigenvalue weighted by Gasteiger charge is 2.19. The fourth-order valence-electron chi connectivity index (χ4n) is 7.32. The summed E-state index contributed by atoms with van der Waals surface area (Å²) in [5.74, 6) is 1.93. The van der Waals surface area contributed by atoms with Crippen LogP contribution in [0.5, 0.6) is 0 Å². The van der Waals surface area contributed by atoms with Crippen LogP contribution in [0.15, 0.2) is 168 Å². The Labute approximate surface area is 336 Å². The van der Waals surface area contributed by atoms with Crippen LogP contribution in [0.4, 0.5) is 5.69 Å². The number of nitrogens with one attached hydrogen (secondary N) is 1. The highest BCUT2D eigenvalue weighted by Crippen LogP contribution is 2.39. The number of furan rings is 1. The number of aromatic nitrogens is 3. The molecule has 0 bridgehead atoms. The zero-order valence-electron chi connectivity index (χ0n) is 30.7. The first-order chi connectivity index (χ1) is 28.0. The van der Waals surface area contributed by atoms with Gasteiger partial charge in [-0.2, -0.15) is 0 Å². The number of thiophene rings is 2. The van der Waals surface area contributed by atoms with Gasteiger partial charge in [0, 0.05) is 63.3 Å². The Morgan fingerprint density at radius 1 is 0.526 bits per heavy atom. The van der Waals surface area contributed by atoms with Crippen molar-refractivity contribution in [1.29, 1.82) is 5.41 Å². The third-order valence-corrected chi connectivity index (χ3v) is 12.5. The molecule has 0 fully saturated rings. The maximum Gasteiger partial charge on any atom is 0.164 e. The number of fused-ring (bicyclic) bond motifs is 7. The van der Waals surface area contributed by atoms with E-state index in [1.807, 2.05) is 103 Å². The number of nitrogen functional groups attached to an aromatic ring is 1. The molecule has 57 heavy (non-hydrogen) atoms. The Hall–Kier alpha value is -7.00. The Morgan fingerprint density at radius 2 is 1.18 bits per heavy atom. The molecule has 0 atom stereocenters. The second-order valence-electron chi connectivity index (χ2n) is 13.8. The van der Waals surface area contributed by atoms with E-state index in [-0.39, 0.29) is 0 Å². The molecule has 0 amide bonds. The lowest BCUT2D eigenvalue weighted by Crippen LogP contribution is -2.01. The van der Waals surface area contributed by atoms with Gasteiger partial charge in [0.2, 0.25) is 0 Å².